The van der Waals surface area contributed by atoms with Gasteiger partial charge in [0.25, 0.3) is 5.91 Å². The fraction of sp³-hybridized carbons (Fsp3) is 0.533. The number of aryl methyl sites for hydroxylation is 2. The molecule has 0 saturated carbocycles. The topological polar surface area (TPSA) is 77.0 Å². The van der Waals surface area contributed by atoms with Crippen LogP contribution in [-0.4, -0.2) is 45.2 Å². The van der Waals surface area contributed by atoms with Crippen LogP contribution in [0.5, 0.6) is 0 Å². The third-order valence-corrected chi connectivity index (χ3v) is 5.48. The van der Waals surface area contributed by atoms with Gasteiger partial charge in [0.05, 0.1) is 11.9 Å². The number of halogens is 2. The first-order valence-corrected chi connectivity index (χ1v) is 8.19. The maximum atomic E-state index is 12.8. The van der Waals surface area contributed by atoms with Gasteiger partial charge in [-0.2, -0.15) is 5.10 Å². The number of nitrogens with two attached hydrogens (primary N) is 1. The molecule has 2 aromatic heterocycles. The first-order chi connectivity index (χ1) is 10.4. The van der Waals surface area contributed by atoms with Crippen molar-refractivity contribution in [2.75, 3.05) is 19.6 Å². The Bertz CT molecular complexity index is 717. The van der Waals surface area contributed by atoms with Crippen LogP contribution in [0.2, 0.25) is 0 Å². The van der Waals surface area contributed by atoms with Crippen molar-refractivity contribution in [3.05, 3.63) is 23.0 Å². The van der Waals surface area contributed by atoms with E-state index < -0.39 is 0 Å². The maximum absolute atomic E-state index is 12.8. The van der Waals surface area contributed by atoms with Gasteiger partial charge in [0, 0.05) is 31.9 Å². The van der Waals surface area contributed by atoms with Crippen LogP contribution in [0.1, 0.15) is 28.7 Å². The lowest BCUT2D eigenvalue weighted by Crippen LogP contribution is -2.34. The second-order valence-electron chi connectivity index (χ2n) is 6.33. The van der Waals surface area contributed by atoms with E-state index in [1.54, 1.807) is 10.9 Å². The number of hydrogen-bond acceptors (Lipinski definition) is 5. The molecular weight excluding hydrogens is 369 g/mol. The van der Waals surface area contributed by atoms with Gasteiger partial charge in [-0.05, 0) is 25.3 Å². The zero-order valence-electron chi connectivity index (χ0n) is 14.0. The fourth-order valence-electron chi connectivity index (χ4n) is 2.76. The van der Waals surface area contributed by atoms with Crippen LogP contribution in [0.15, 0.2) is 12.4 Å². The smallest absolute Gasteiger partial charge is 0.265 e. The van der Waals surface area contributed by atoms with Crippen LogP contribution in [0.4, 0.5) is 0 Å². The Hall–Kier alpha value is -1.15. The van der Waals surface area contributed by atoms with Crippen molar-refractivity contribution < 1.29 is 4.79 Å². The zero-order valence-corrected chi connectivity index (χ0v) is 16.4. The summed E-state index contributed by atoms with van der Waals surface area (Å²) in [5, 5.41) is 5.00. The normalized spacial score (nSPS) is 19.8. The summed E-state index contributed by atoms with van der Waals surface area (Å²) >= 11 is 1.44. The molecule has 1 unspecified atom stereocenters. The molecule has 0 radical (unpaired) electrons. The van der Waals surface area contributed by atoms with E-state index >= 15 is 0 Å². The molecule has 3 heterocycles. The van der Waals surface area contributed by atoms with Gasteiger partial charge in [0.15, 0.2) is 0 Å². The molecule has 9 heteroatoms. The fourth-order valence-corrected chi connectivity index (χ4v) is 3.77. The van der Waals surface area contributed by atoms with E-state index in [-0.39, 0.29) is 36.1 Å². The molecule has 3 rings (SSSR count). The van der Waals surface area contributed by atoms with Crippen molar-refractivity contribution in [1.82, 2.24) is 19.7 Å². The summed E-state index contributed by atoms with van der Waals surface area (Å²) in [6, 6.07) is 0. The number of rotatable bonds is 3. The average Bonchev–Trinajstić information content (AvgIpc) is 3.18. The maximum Gasteiger partial charge on any atom is 0.265 e. The molecule has 1 fully saturated rings. The van der Waals surface area contributed by atoms with Gasteiger partial charge < -0.3 is 10.6 Å². The van der Waals surface area contributed by atoms with E-state index in [0.717, 1.165) is 40.7 Å². The molecule has 1 aliphatic heterocycles. The van der Waals surface area contributed by atoms with Gasteiger partial charge in [-0.1, -0.05) is 6.92 Å². The standard InChI is InChI=1S/C15H21N5OS.2ClH/c1-10-12(14(21)20-5-4-15(2,8-16)9-20)22-13(18-10)11-6-17-19(3)7-11;;/h6-7H,4-5,8-9,16H2,1-3H3;2*1H. The number of amides is 1. The van der Waals surface area contributed by atoms with Crippen molar-refractivity contribution in [2.24, 2.45) is 18.2 Å². The van der Waals surface area contributed by atoms with E-state index in [2.05, 4.69) is 17.0 Å². The minimum Gasteiger partial charge on any atom is -0.337 e. The molecule has 2 aromatic rings. The Morgan fingerprint density at radius 3 is 2.71 bits per heavy atom. The van der Waals surface area contributed by atoms with Gasteiger partial charge in [0.2, 0.25) is 0 Å². The van der Waals surface area contributed by atoms with E-state index in [9.17, 15) is 4.79 Å². The summed E-state index contributed by atoms with van der Waals surface area (Å²) in [4.78, 5) is 19.9. The molecule has 6 nitrogen and oxygen atoms in total. The quantitative estimate of drug-likeness (QED) is 0.871. The van der Waals surface area contributed by atoms with Crippen molar-refractivity contribution in [2.45, 2.75) is 20.3 Å². The molecule has 134 valence electrons. The number of thiazole rings is 1. The van der Waals surface area contributed by atoms with E-state index in [4.69, 9.17) is 5.73 Å². The lowest BCUT2D eigenvalue weighted by Gasteiger charge is -2.22. The van der Waals surface area contributed by atoms with Crippen molar-refractivity contribution in [1.29, 1.82) is 0 Å². The predicted molar refractivity (Wildman–Crippen MR) is 101 cm³/mol. The van der Waals surface area contributed by atoms with Crippen LogP contribution in [0.25, 0.3) is 10.6 Å². The second-order valence-corrected chi connectivity index (χ2v) is 7.33. The average molecular weight is 392 g/mol. The molecule has 1 saturated heterocycles. The third-order valence-electron chi connectivity index (χ3n) is 4.28. The minimum absolute atomic E-state index is 0. The SMILES string of the molecule is Cc1nc(-c2cnn(C)c2)sc1C(=O)N1CCC(C)(CN)C1.Cl.Cl. The number of aromatic nitrogens is 3. The molecule has 1 amide bonds. The molecule has 0 bridgehead atoms. The Labute approximate surface area is 158 Å². The van der Waals surface area contributed by atoms with E-state index in [1.165, 1.54) is 11.3 Å². The third kappa shape index (κ3) is 3.91. The first kappa shape index (κ1) is 20.9. The molecule has 1 atom stereocenters. The van der Waals surface area contributed by atoms with Crippen molar-refractivity contribution in [3.8, 4) is 10.6 Å². The first-order valence-electron chi connectivity index (χ1n) is 7.38. The number of carbonyl (C=O) groups is 1. The van der Waals surface area contributed by atoms with E-state index in [1.807, 2.05) is 25.1 Å². The number of carbonyl (C=O) groups excluding carboxylic acids is 1. The van der Waals surface area contributed by atoms with Crippen LogP contribution in [0, 0.1) is 12.3 Å². The summed E-state index contributed by atoms with van der Waals surface area (Å²) < 4.78 is 1.74. The van der Waals surface area contributed by atoms with E-state index in [0.29, 0.717) is 6.54 Å². The molecule has 2 N–H and O–H groups in total. The highest BCUT2D eigenvalue weighted by molar-refractivity contribution is 7.17. The van der Waals surface area contributed by atoms with Crippen molar-refractivity contribution >= 4 is 42.1 Å². The van der Waals surface area contributed by atoms with Gasteiger partial charge in [-0.25, -0.2) is 4.98 Å². The Morgan fingerprint density at radius 2 is 2.17 bits per heavy atom. The summed E-state index contributed by atoms with van der Waals surface area (Å²) in [6.07, 6.45) is 4.64. The van der Waals surface area contributed by atoms with Crippen LogP contribution < -0.4 is 5.73 Å². The number of likely N-dealkylation sites (tertiary alicyclic amines) is 1. The summed E-state index contributed by atoms with van der Waals surface area (Å²) in [5.41, 5.74) is 7.60. The molecule has 0 spiro atoms. The largest absolute Gasteiger partial charge is 0.337 e. The number of nitrogens with zero attached hydrogens (tertiary/aromatic N) is 4. The summed E-state index contributed by atoms with van der Waals surface area (Å²) in [7, 11) is 1.87. The highest BCUT2D eigenvalue weighted by Crippen LogP contribution is 2.33. The zero-order chi connectivity index (χ0) is 15.9. The van der Waals surface area contributed by atoms with Crippen LogP contribution >= 0.6 is 36.2 Å². The Morgan fingerprint density at radius 1 is 1.46 bits per heavy atom. The van der Waals surface area contributed by atoms with Gasteiger partial charge in [-0.3, -0.25) is 9.48 Å². The number of hydrogen-bond donors (Lipinski definition) is 1. The highest BCUT2D eigenvalue weighted by atomic mass is 35.5. The van der Waals surface area contributed by atoms with Gasteiger partial charge in [-0.15, -0.1) is 36.2 Å². The Balaban J connectivity index is 0.00000144. The molecule has 24 heavy (non-hydrogen) atoms. The monoisotopic (exact) mass is 391 g/mol. The van der Waals surface area contributed by atoms with Crippen molar-refractivity contribution in [3.63, 3.8) is 0 Å². The summed E-state index contributed by atoms with van der Waals surface area (Å²) in [5.74, 6) is 0.0716. The predicted octanol–water partition coefficient (Wildman–Crippen LogP) is 2.51. The highest BCUT2D eigenvalue weighted by Gasteiger charge is 2.36. The molecule has 1 aliphatic rings. The van der Waals surface area contributed by atoms with Gasteiger partial charge in [0.1, 0.15) is 9.88 Å². The molecular formula is C15H23Cl2N5OS. The molecule has 0 aromatic carbocycles. The minimum atomic E-state index is 0. The second kappa shape index (κ2) is 7.82. The lowest BCUT2D eigenvalue weighted by molar-refractivity contribution is 0.0780. The van der Waals surface area contributed by atoms with Gasteiger partial charge >= 0.3 is 0 Å². The summed E-state index contributed by atoms with van der Waals surface area (Å²) in [6.45, 7) is 6.13. The molecule has 0 aliphatic carbocycles. The lowest BCUT2D eigenvalue weighted by atomic mass is 9.90. The Kier molecular flexibility index (Phi) is 6.81. The van der Waals surface area contributed by atoms with Crippen LogP contribution in [-0.2, 0) is 7.05 Å². The van der Waals surface area contributed by atoms with Crippen LogP contribution in [0.3, 0.4) is 0 Å².